The standard InChI is InChI=1S/C13H9ClF3NO/c14-11-7-8(13(15,16)17)1-6-12(11)19-10-4-2-9(18)3-5-10/h1-7H,18H2. The maximum Gasteiger partial charge on any atom is 0.416 e. The number of anilines is 1. The summed E-state index contributed by atoms with van der Waals surface area (Å²) in [5, 5.41) is -0.105. The summed E-state index contributed by atoms with van der Waals surface area (Å²) in [5.41, 5.74) is 5.25. The fraction of sp³-hybridized carbons (Fsp3) is 0.0769. The molecule has 100 valence electrons. The molecule has 0 radical (unpaired) electrons. The number of ether oxygens (including phenoxy) is 1. The molecule has 0 unspecified atom stereocenters. The van der Waals surface area contributed by atoms with E-state index in [4.69, 9.17) is 22.1 Å². The lowest BCUT2D eigenvalue weighted by molar-refractivity contribution is -0.137. The second kappa shape index (κ2) is 5.01. The molecule has 0 spiro atoms. The van der Waals surface area contributed by atoms with Gasteiger partial charge in [-0.25, -0.2) is 0 Å². The van der Waals surface area contributed by atoms with E-state index in [1.54, 1.807) is 24.3 Å². The van der Waals surface area contributed by atoms with E-state index in [9.17, 15) is 13.2 Å². The Balaban J connectivity index is 2.24. The van der Waals surface area contributed by atoms with E-state index in [0.29, 0.717) is 11.4 Å². The summed E-state index contributed by atoms with van der Waals surface area (Å²) in [6.07, 6.45) is -4.43. The molecule has 0 atom stereocenters. The number of benzene rings is 2. The van der Waals surface area contributed by atoms with Crippen LogP contribution >= 0.6 is 11.6 Å². The van der Waals surface area contributed by atoms with Crippen molar-refractivity contribution in [1.29, 1.82) is 0 Å². The van der Waals surface area contributed by atoms with Crippen molar-refractivity contribution in [2.75, 3.05) is 5.73 Å². The van der Waals surface area contributed by atoms with Gasteiger partial charge in [0, 0.05) is 5.69 Å². The quantitative estimate of drug-likeness (QED) is 0.810. The van der Waals surface area contributed by atoms with Gasteiger partial charge in [0.25, 0.3) is 0 Å². The van der Waals surface area contributed by atoms with Crippen LogP contribution in [0, 0.1) is 0 Å². The van der Waals surface area contributed by atoms with Gasteiger partial charge < -0.3 is 10.5 Å². The average Bonchev–Trinajstić information content (AvgIpc) is 2.33. The maximum absolute atomic E-state index is 12.5. The number of nitrogens with two attached hydrogens (primary N) is 1. The summed E-state index contributed by atoms with van der Waals surface area (Å²) < 4.78 is 42.7. The molecule has 0 heterocycles. The first kappa shape index (κ1) is 13.5. The Hall–Kier alpha value is -1.88. The molecule has 2 aromatic rings. The molecule has 0 bridgehead atoms. The molecule has 2 rings (SSSR count). The highest BCUT2D eigenvalue weighted by atomic mass is 35.5. The van der Waals surface area contributed by atoms with Crippen LogP contribution in [0.5, 0.6) is 11.5 Å². The SMILES string of the molecule is Nc1ccc(Oc2ccc(C(F)(F)F)cc2Cl)cc1. The molecule has 0 aliphatic carbocycles. The summed E-state index contributed by atoms with van der Waals surface area (Å²) in [7, 11) is 0. The lowest BCUT2D eigenvalue weighted by atomic mass is 10.2. The lowest BCUT2D eigenvalue weighted by Gasteiger charge is -2.11. The molecule has 2 nitrogen and oxygen atoms in total. The van der Waals surface area contributed by atoms with Crippen LogP contribution in [0.2, 0.25) is 5.02 Å². The van der Waals surface area contributed by atoms with Gasteiger partial charge in [-0.1, -0.05) is 11.6 Å². The molecule has 6 heteroatoms. The number of rotatable bonds is 2. The van der Waals surface area contributed by atoms with E-state index in [1.165, 1.54) is 6.07 Å². The van der Waals surface area contributed by atoms with Crippen LogP contribution in [0.3, 0.4) is 0 Å². The van der Waals surface area contributed by atoms with E-state index >= 15 is 0 Å². The third kappa shape index (κ3) is 3.32. The van der Waals surface area contributed by atoms with Crippen molar-refractivity contribution in [3.63, 3.8) is 0 Å². The van der Waals surface area contributed by atoms with Crippen molar-refractivity contribution >= 4 is 17.3 Å². The van der Waals surface area contributed by atoms with Crippen LogP contribution < -0.4 is 10.5 Å². The van der Waals surface area contributed by atoms with Crippen molar-refractivity contribution in [1.82, 2.24) is 0 Å². The number of hydrogen-bond donors (Lipinski definition) is 1. The number of alkyl halides is 3. The highest BCUT2D eigenvalue weighted by Crippen LogP contribution is 2.36. The Morgan fingerprint density at radius 1 is 1.00 bits per heavy atom. The molecule has 0 aromatic heterocycles. The Morgan fingerprint density at radius 2 is 1.63 bits per heavy atom. The fourth-order valence-electron chi connectivity index (χ4n) is 1.42. The number of hydrogen-bond acceptors (Lipinski definition) is 2. The Labute approximate surface area is 112 Å². The molecule has 0 fully saturated rings. The van der Waals surface area contributed by atoms with Gasteiger partial charge in [0.05, 0.1) is 10.6 Å². The molecule has 0 saturated carbocycles. The fourth-order valence-corrected chi connectivity index (χ4v) is 1.64. The minimum absolute atomic E-state index is 0.105. The minimum atomic E-state index is -4.43. The first-order chi connectivity index (χ1) is 8.86. The van der Waals surface area contributed by atoms with Gasteiger partial charge >= 0.3 is 6.18 Å². The maximum atomic E-state index is 12.5. The molecular weight excluding hydrogens is 279 g/mol. The van der Waals surface area contributed by atoms with Gasteiger partial charge in [0.1, 0.15) is 11.5 Å². The predicted molar refractivity (Wildman–Crippen MR) is 67.4 cm³/mol. The third-order valence-electron chi connectivity index (χ3n) is 2.37. The van der Waals surface area contributed by atoms with E-state index in [-0.39, 0.29) is 10.8 Å². The van der Waals surface area contributed by atoms with E-state index < -0.39 is 11.7 Å². The number of nitrogen functional groups attached to an aromatic ring is 1. The van der Waals surface area contributed by atoms with Gasteiger partial charge in [0.2, 0.25) is 0 Å². The molecular formula is C13H9ClF3NO. The van der Waals surface area contributed by atoms with E-state index in [0.717, 1.165) is 12.1 Å². The average molecular weight is 288 g/mol. The summed E-state index contributed by atoms with van der Waals surface area (Å²) in [5.74, 6) is 0.593. The topological polar surface area (TPSA) is 35.2 Å². The zero-order valence-corrected chi connectivity index (χ0v) is 10.3. The summed E-state index contributed by atoms with van der Waals surface area (Å²) in [6, 6.07) is 9.36. The van der Waals surface area contributed by atoms with E-state index in [2.05, 4.69) is 0 Å². The first-order valence-electron chi connectivity index (χ1n) is 5.26. The van der Waals surface area contributed by atoms with Gasteiger partial charge in [-0.05, 0) is 42.5 Å². The van der Waals surface area contributed by atoms with Crippen LogP contribution in [0.4, 0.5) is 18.9 Å². The highest BCUT2D eigenvalue weighted by molar-refractivity contribution is 6.32. The molecule has 0 amide bonds. The number of halogens is 4. The largest absolute Gasteiger partial charge is 0.456 e. The third-order valence-corrected chi connectivity index (χ3v) is 2.66. The van der Waals surface area contributed by atoms with Gasteiger partial charge in [-0.15, -0.1) is 0 Å². The smallest absolute Gasteiger partial charge is 0.416 e. The molecule has 2 N–H and O–H groups in total. The van der Waals surface area contributed by atoms with Crippen LogP contribution in [0.1, 0.15) is 5.56 Å². The Morgan fingerprint density at radius 3 is 2.16 bits per heavy atom. The molecule has 0 aliphatic heterocycles. The van der Waals surface area contributed by atoms with Crippen LogP contribution in [-0.2, 0) is 6.18 Å². The molecule has 2 aromatic carbocycles. The molecule has 19 heavy (non-hydrogen) atoms. The summed E-state index contributed by atoms with van der Waals surface area (Å²) >= 11 is 5.77. The Kier molecular flexibility index (Phi) is 3.57. The van der Waals surface area contributed by atoms with Crippen LogP contribution in [0.25, 0.3) is 0 Å². The van der Waals surface area contributed by atoms with Gasteiger partial charge in [-0.3, -0.25) is 0 Å². The zero-order valence-electron chi connectivity index (χ0n) is 9.54. The van der Waals surface area contributed by atoms with Gasteiger partial charge in [-0.2, -0.15) is 13.2 Å². The monoisotopic (exact) mass is 287 g/mol. The predicted octanol–water partition coefficient (Wildman–Crippen LogP) is 4.73. The van der Waals surface area contributed by atoms with Crippen molar-refractivity contribution in [2.45, 2.75) is 6.18 Å². The first-order valence-corrected chi connectivity index (χ1v) is 5.64. The van der Waals surface area contributed by atoms with Crippen molar-refractivity contribution in [3.8, 4) is 11.5 Å². The van der Waals surface area contributed by atoms with E-state index in [1.807, 2.05) is 0 Å². The second-order valence-electron chi connectivity index (χ2n) is 3.81. The summed E-state index contributed by atoms with van der Waals surface area (Å²) in [6.45, 7) is 0. The van der Waals surface area contributed by atoms with Crippen molar-refractivity contribution in [3.05, 3.63) is 53.1 Å². The lowest BCUT2D eigenvalue weighted by Crippen LogP contribution is -2.04. The van der Waals surface area contributed by atoms with Gasteiger partial charge in [0.15, 0.2) is 0 Å². The molecule has 0 aliphatic rings. The summed E-state index contributed by atoms with van der Waals surface area (Å²) in [4.78, 5) is 0. The minimum Gasteiger partial charge on any atom is -0.456 e. The van der Waals surface area contributed by atoms with Crippen molar-refractivity contribution < 1.29 is 17.9 Å². The molecule has 0 saturated heterocycles. The highest BCUT2D eigenvalue weighted by Gasteiger charge is 2.31. The van der Waals surface area contributed by atoms with Crippen molar-refractivity contribution in [2.24, 2.45) is 0 Å². The van der Waals surface area contributed by atoms with Crippen LogP contribution in [-0.4, -0.2) is 0 Å². The zero-order chi connectivity index (χ0) is 14.0. The second-order valence-corrected chi connectivity index (χ2v) is 4.22. The van der Waals surface area contributed by atoms with Crippen LogP contribution in [0.15, 0.2) is 42.5 Å². The normalized spacial score (nSPS) is 11.4. The Bertz CT molecular complexity index is 581.